The first kappa shape index (κ1) is 14.6. The first-order valence-electron chi connectivity index (χ1n) is 5.39. The minimum absolute atomic E-state index is 0.158. The summed E-state index contributed by atoms with van der Waals surface area (Å²) < 4.78 is 28.8. The van der Waals surface area contributed by atoms with E-state index in [4.69, 9.17) is 5.84 Å². The van der Waals surface area contributed by atoms with Crippen molar-refractivity contribution in [1.29, 1.82) is 0 Å². The number of hydrazine groups is 1. The Bertz CT molecular complexity index is 605. The maximum atomic E-state index is 13.8. The number of halogens is 4. The third-order valence-corrected chi connectivity index (χ3v) is 3.91. The van der Waals surface area contributed by atoms with Gasteiger partial charge in [0, 0.05) is 14.5 Å². The third kappa shape index (κ3) is 3.02. The van der Waals surface area contributed by atoms with E-state index in [1.54, 1.807) is 6.07 Å². The Balaban J connectivity index is 2.53. The quantitative estimate of drug-likeness (QED) is 0.612. The van der Waals surface area contributed by atoms with Crippen molar-refractivity contribution in [1.82, 2.24) is 5.43 Å². The summed E-state index contributed by atoms with van der Waals surface area (Å²) in [6, 6.07) is 8.78. The molecule has 0 aromatic heterocycles. The van der Waals surface area contributed by atoms with E-state index in [0.29, 0.717) is 0 Å². The molecule has 1 unspecified atom stereocenters. The summed E-state index contributed by atoms with van der Waals surface area (Å²) in [6.07, 6.45) is 0. The molecular weight excluding hydrogens is 382 g/mol. The maximum Gasteiger partial charge on any atom is 0.163 e. The van der Waals surface area contributed by atoms with E-state index in [2.05, 4.69) is 37.3 Å². The van der Waals surface area contributed by atoms with Crippen molar-refractivity contribution in [3.8, 4) is 0 Å². The van der Waals surface area contributed by atoms with Crippen LogP contribution in [0.5, 0.6) is 0 Å². The summed E-state index contributed by atoms with van der Waals surface area (Å²) in [5.41, 5.74) is 3.39. The summed E-state index contributed by atoms with van der Waals surface area (Å²) in [7, 11) is 0. The van der Waals surface area contributed by atoms with Crippen LogP contribution < -0.4 is 11.3 Å². The molecule has 0 radical (unpaired) electrons. The van der Waals surface area contributed by atoms with E-state index >= 15 is 0 Å². The Labute approximate surface area is 126 Å². The Morgan fingerprint density at radius 3 is 2.42 bits per heavy atom. The van der Waals surface area contributed by atoms with Crippen LogP contribution in [-0.2, 0) is 0 Å². The van der Waals surface area contributed by atoms with Crippen molar-refractivity contribution in [2.24, 2.45) is 5.84 Å². The van der Waals surface area contributed by atoms with Crippen LogP contribution in [0.4, 0.5) is 8.78 Å². The zero-order valence-corrected chi connectivity index (χ0v) is 12.8. The summed E-state index contributed by atoms with van der Waals surface area (Å²) >= 11 is 6.72. The summed E-state index contributed by atoms with van der Waals surface area (Å²) in [4.78, 5) is 0. The van der Waals surface area contributed by atoms with Crippen molar-refractivity contribution < 1.29 is 8.78 Å². The lowest BCUT2D eigenvalue weighted by molar-refractivity contribution is 0.483. The van der Waals surface area contributed by atoms with Crippen LogP contribution in [0.3, 0.4) is 0 Å². The molecule has 2 nitrogen and oxygen atoms in total. The van der Waals surface area contributed by atoms with Crippen LogP contribution in [0.25, 0.3) is 0 Å². The van der Waals surface area contributed by atoms with Gasteiger partial charge in [-0.1, -0.05) is 50.1 Å². The van der Waals surface area contributed by atoms with E-state index < -0.39 is 17.7 Å². The van der Waals surface area contributed by atoms with Gasteiger partial charge in [0.2, 0.25) is 0 Å². The predicted octanol–water partition coefficient (Wildman–Crippen LogP) is 4.04. The average Bonchev–Trinajstić information content (AvgIpc) is 2.37. The van der Waals surface area contributed by atoms with Crippen molar-refractivity contribution in [3.63, 3.8) is 0 Å². The Kier molecular flexibility index (Phi) is 4.67. The Hall–Kier alpha value is -0.820. The molecule has 0 fully saturated rings. The van der Waals surface area contributed by atoms with Gasteiger partial charge in [-0.15, -0.1) is 0 Å². The zero-order valence-electron chi connectivity index (χ0n) is 9.63. The highest BCUT2D eigenvalue weighted by Gasteiger charge is 2.20. The monoisotopic (exact) mass is 390 g/mol. The van der Waals surface area contributed by atoms with Crippen molar-refractivity contribution in [2.45, 2.75) is 6.04 Å². The molecule has 0 bridgehead atoms. The van der Waals surface area contributed by atoms with E-state index in [1.807, 2.05) is 12.1 Å². The molecule has 0 aliphatic heterocycles. The highest BCUT2D eigenvalue weighted by Crippen LogP contribution is 2.32. The van der Waals surface area contributed by atoms with Gasteiger partial charge in [-0.25, -0.2) is 14.2 Å². The number of rotatable bonds is 3. The molecule has 2 rings (SSSR count). The molecule has 0 spiro atoms. The fourth-order valence-corrected chi connectivity index (χ4v) is 3.10. The summed E-state index contributed by atoms with van der Waals surface area (Å²) in [5, 5.41) is 0. The maximum absolute atomic E-state index is 13.8. The fraction of sp³-hybridized carbons (Fsp3) is 0.0769. The Morgan fingerprint density at radius 2 is 1.79 bits per heavy atom. The number of nitrogens with two attached hydrogens (primary N) is 1. The van der Waals surface area contributed by atoms with Gasteiger partial charge in [0.25, 0.3) is 0 Å². The summed E-state index contributed by atoms with van der Waals surface area (Å²) in [5.74, 6) is 3.69. The van der Waals surface area contributed by atoms with Crippen molar-refractivity contribution in [3.05, 3.63) is 68.1 Å². The third-order valence-electron chi connectivity index (χ3n) is 2.73. The molecular formula is C13H10Br2F2N2. The molecule has 0 amide bonds. The molecule has 2 aromatic carbocycles. The molecule has 0 saturated carbocycles. The number of hydrogen-bond donors (Lipinski definition) is 2. The molecule has 0 heterocycles. The van der Waals surface area contributed by atoms with Crippen LogP contribution in [0.1, 0.15) is 17.2 Å². The second-order valence-corrected chi connectivity index (χ2v) is 5.68. The van der Waals surface area contributed by atoms with E-state index in [0.717, 1.165) is 20.6 Å². The van der Waals surface area contributed by atoms with Crippen LogP contribution in [0.15, 0.2) is 45.3 Å². The van der Waals surface area contributed by atoms with Gasteiger partial charge < -0.3 is 0 Å². The lowest BCUT2D eigenvalue weighted by Gasteiger charge is -2.19. The SMILES string of the molecule is NNC(c1ccc(Br)cc1Br)c1cccc(F)c1F. The van der Waals surface area contributed by atoms with Crippen LogP contribution in [-0.4, -0.2) is 0 Å². The van der Waals surface area contributed by atoms with Crippen LogP contribution in [0, 0.1) is 11.6 Å². The molecule has 0 aliphatic rings. The van der Waals surface area contributed by atoms with Gasteiger partial charge in [0.15, 0.2) is 11.6 Å². The lowest BCUT2D eigenvalue weighted by atomic mass is 9.99. The first-order chi connectivity index (χ1) is 9.04. The minimum Gasteiger partial charge on any atom is -0.271 e. The van der Waals surface area contributed by atoms with E-state index in [1.165, 1.54) is 12.1 Å². The molecule has 6 heteroatoms. The van der Waals surface area contributed by atoms with E-state index in [-0.39, 0.29) is 5.56 Å². The molecule has 1 atom stereocenters. The van der Waals surface area contributed by atoms with Gasteiger partial charge in [-0.2, -0.15) is 0 Å². The fourth-order valence-electron chi connectivity index (χ4n) is 1.83. The van der Waals surface area contributed by atoms with E-state index in [9.17, 15) is 8.78 Å². The lowest BCUT2D eigenvalue weighted by Crippen LogP contribution is -2.30. The first-order valence-corrected chi connectivity index (χ1v) is 6.98. The van der Waals surface area contributed by atoms with Crippen LogP contribution >= 0.6 is 31.9 Å². The Morgan fingerprint density at radius 1 is 1.05 bits per heavy atom. The number of nitrogens with one attached hydrogen (secondary N) is 1. The molecule has 3 N–H and O–H groups in total. The molecule has 0 saturated heterocycles. The second kappa shape index (κ2) is 6.09. The highest BCUT2D eigenvalue weighted by molar-refractivity contribution is 9.11. The van der Waals surface area contributed by atoms with Crippen molar-refractivity contribution >= 4 is 31.9 Å². The second-order valence-electron chi connectivity index (χ2n) is 3.91. The highest BCUT2D eigenvalue weighted by atomic mass is 79.9. The molecule has 0 aliphatic carbocycles. The predicted molar refractivity (Wildman–Crippen MR) is 77.4 cm³/mol. The topological polar surface area (TPSA) is 38.0 Å². The number of hydrogen-bond acceptors (Lipinski definition) is 2. The van der Waals surface area contributed by atoms with Crippen molar-refractivity contribution in [2.75, 3.05) is 0 Å². The van der Waals surface area contributed by atoms with Gasteiger partial charge in [-0.05, 0) is 23.8 Å². The average molecular weight is 392 g/mol. The molecule has 19 heavy (non-hydrogen) atoms. The van der Waals surface area contributed by atoms with Crippen LogP contribution in [0.2, 0.25) is 0 Å². The minimum atomic E-state index is -0.903. The smallest absolute Gasteiger partial charge is 0.163 e. The van der Waals surface area contributed by atoms with Gasteiger partial charge >= 0.3 is 0 Å². The van der Waals surface area contributed by atoms with Gasteiger partial charge in [0.05, 0.1) is 6.04 Å². The van der Waals surface area contributed by atoms with Gasteiger partial charge in [0.1, 0.15) is 0 Å². The normalized spacial score (nSPS) is 12.5. The zero-order chi connectivity index (χ0) is 14.0. The molecule has 100 valence electrons. The largest absolute Gasteiger partial charge is 0.271 e. The molecule has 2 aromatic rings. The van der Waals surface area contributed by atoms with Gasteiger partial charge in [-0.3, -0.25) is 5.84 Å². The standard InChI is InChI=1S/C13H10Br2F2N2/c14-7-4-5-8(10(15)6-7)13(19-18)9-2-1-3-11(16)12(9)17/h1-6,13,19H,18H2. The summed E-state index contributed by atoms with van der Waals surface area (Å²) in [6.45, 7) is 0. The number of benzene rings is 2.